The molecule has 0 saturated carbocycles. The second-order valence-corrected chi connectivity index (χ2v) is 6.64. The van der Waals surface area contributed by atoms with Gasteiger partial charge in [0.25, 0.3) is 0 Å². The maximum absolute atomic E-state index is 13.3. The van der Waals surface area contributed by atoms with Gasteiger partial charge in [0.05, 0.1) is 16.8 Å². The van der Waals surface area contributed by atoms with Gasteiger partial charge < -0.3 is 9.84 Å². The number of nitrogens with zero attached hydrogens (tertiary/aromatic N) is 1. The molecule has 21 heavy (non-hydrogen) atoms. The minimum absolute atomic E-state index is 0.105. The zero-order valence-electron chi connectivity index (χ0n) is 12.2. The molecule has 0 aliphatic carbocycles. The summed E-state index contributed by atoms with van der Waals surface area (Å²) in [6.45, 7) is 5.97. The van der Waals surface area contributed by atoms with Gasteiger partial charge in [-0.3, -0.25) is 0 Å². The molecule has 0 atom stereocenters. The van der Waals surface area contributed by atoms with E-state index in [1.807, 2.05) is 26.8 Å². The highest BCUT2D eigenvalue weighted by molar-refractivity contribution is 9.10. The Morgan fingerprint density at radius 1 is 1.24 bits per heavy atom. The first-order valence-corrected chi connectivity index (χ1v) is 7.34. The fourth-order valence-corrected chi connectivity index (χ4v) is 2.08. The van der Waals surface area contributed by atoms with E-state index in [0.29, 0.717) is 21.7 Å². The number of benzene rings is 1. The third kappa shape index (κ3) is 4.02. The highest BCUT2D eigenvalue weighted by atomic mass is 79.9. The molecule has 1 aromatic carbocycles. The van der Waals surface area contributed by atoms with Gasteiger partial charge in [0.15, 0.2) is 0 Å². The minimum Gasteiger partial charge on any atom is -0.438 e. The van der Waals surface area contributed by atoms with Gasteiger partial charge in [-0.15, -0.1) is 0 Å². The van der Waals surface area contributed by atoms with Crippen LogP contribution in [0.3, 0.4) is 0 Å². The minimum atomic E-state index is -0.387. The molecule has 1 N–H and O–H groups in total. The molecule has 112 valence electrons. The largest absolute Gasteiger partial charge is 0.438 e. The molecule has 0 saturated heterocycles. The van der Waals surface area contributed by atoms with Crippen molar-refractivity contribution in [2.75, 3.05) is 0 Å². The molecule has 3 nitrogen and oxygen atoms in total. The molecule has 1 aromatic heterocycles. The van der Waals surface area contributed by atoms with Gasteiger partial charge in [0, 0.05) is 17.5 Å². The third-order valence-electron chi connectivity index (χ3n) is 2.92. The predicted molar refractivity (Wildman–Crippen MR) is 83.0 cm³/mol. The molecule has 0 amide bonds. The molecular formula is C16H17BrFNO2. The van der Waals surface area contributed by atoms with Crippen LogP contribution in [0.1, 0.15) is 32.0 Å². The number of ether oxygens (including phenoxy) is 1. The Morgan fingerprint density at radius 3 is 2.57 bits per heavy atom. The quantitative estimate of drug-likeness (QED) is 0.878. The van der Waals surface area contributed by atoms with Crippen molar-refractivity contribution >= 4 is 15.9 Å². The van der Waals surface area contributed by atoms with Gasteiger partial charge in [-0.05, 0) is 39.7 Å². The van der Waals surface area contributed by atoms with Crippen LogP contribution in [0.15, 0.2) is 34.8 Å². The van der Waals surface area contributed by atoms with Gasteiger partial charge in [-0.1, -0.05) is 20.8 Å². The van der Waals surface area contributed by atoms with Crippen LogP contribution in [0.5, 0.6) is 11.6 Å². The van der Waals surface area contributed by atoms with Gasteiger partial charge in [0.2, 0.25) is 5.88 Å². The number of aliphatic hydroxyl groups excluding tert-OH is 1. The lowest BCUT2D eigenvalue weighted by molar-refractivity contribution is 0.280. The van der Waals surface area contributed by atoms with Crippen LogP contribution >= 0.6 is 15.9 Å². The molecule has 0 unspecified atom stereocenters. The molecule has 0 fully saturated rings. The second kappa shape index (κ2) is 6.12. The fourth-order valence-electron chi connectivity index (χ4n) is 1.75. The van der Waals surface area contributed by atoms with Crippen LogP contribution < -0.4 is 4.74 Å². The predicted octanol–water partition coefficient (Wildman–Crippen LogP) is 4.57. The Labute approximate surface area is 131 Å². The van der Waals surface area contributed by atoms with E-state index in [1.165, 1.54) is 12.1 Å². The van der Waals surface area contributed by atoms with E-state index in [1.54, 1.807) is 12.1 Å². The molecular weight excluding hydrogens is 337 g/mol. The standard InChI is InChI=1S/C16H17BrFNO2/c1-16(2,3)14-6-10(9-20)7-15(19-14)21-13-8-11(18)4-5-12(13)17/h4-8,20H,9H2,1-3H3. The summed E-state index contributed by atoms with van der Waals surface area (Å²) >= 11 is 3.31. The number of hydrogen-bond acceptors (Lipinski definition) is 3. The molecule has 0 aliphatic heterocycles. The van der Waals surface area contributed by atoms with Crippen LogP contribution in [0.4, 0.5) is 4.39 Å². The zero-order valence-corrected chi connectivity index (χ0v) is 13.7. The number of aliphatic hydroxyl groups is 1. The van der Waals surface area contributed by atoms with Gasteiger partial charge in [-0.2, -0.15) is 0 Å². The summed E-state index contributed by atoms with van der Waals surface area (Å²) in [5.41, 5.74) is 1.33. The lowest BCUT2D eigenvalue weighted by atomic mass is 9.91. The number of rotatable bonds is 3. The van der Waals surface area contributed by atoms with Crippen molar-refractivity contribution in [3.8, 4) is 11.6 Å². The summed E-state index contributed by atoms with van der Waals surface area (Å²) in [7, 11) is 0. The third-order valence-corrected chi connectivity index (χ3v) is 3.58. The lowest BCUT2D eigenvalue weighted by Gasteiger charge is -2.19. The molecule has 0 spiro atoms. The summed E-state index contributed by atoms with van der Waals surface area (Å²) < 4.78 is 19.6. The van der Waals surface area contributed by atoms with Crippen LogP contribution in [0.25, 0.3) is 0 Å². The Morgan fingerprint density at radius 2 is 1.95 bits per heavy atom. The summed E-state index contributed by atoms with van der Waals surface area (Å²) in [5, 5.41) is 9.36. The summed E-state index contributed by atoms with van der Waals surface area (Å²) in [5.74, 6) is 0.290. The second-order valence-electron chi connectivity index (χ2n) is 5.78. The highest BCUT2D eigenvalue weighted by Crippen LogP contribution is 2.31. The molecule has 2 aromatic rings. The Bertz CT molecular complexity index is 653. The molecule has 5 heteroatoms. The Kier molecular flexibility index (Phi) is 4.64. The monoisotopic (exact) mass is 353 g/mol. The normalized spacial score (nSPS) is 11.5. The average molecular weight is 354 g/mol. The van der Waals surface area contributed by atoms with Crippen molar-refractivity contribution in [2.24, 2.45) is 0 Å². The summed E-state index contributed by atoms with van der Waals surface area (Å²) in [6.07, 6.45) is 0. The number of halogens is 2. The van der Waals surface area contributed by atoms with Crippen molar-refractivity contribution in [3.63, 3.8) is 0 Å². The maximum atomic E-state index is 13.3. The van der Waals surface area contributed by atoms with Crippen molar-refractivity contribution < 1.29 is 14.2 Å². The first-order chi connectivity index (χ1) is 9.79. The van der Waals surface area contributed by atoms with Crippen molar-refractivity contribution in [1.29, 1.82) is 0 Å². The van der Waals surface area contributed by atoms with Crippen LogP contribution in [-0.2, 0) is 12.0 Å². The molecule has 0 aliphatic rings. The average Bonchev–Trinajstić information content (AvgIpc) is 2.41. The van der Waals surface area contributed by atoms with Gasteiger partial charge >= 0.3 is 0 Å². The summed E-state index contributed by atoms with van der Waals surface area (Å²) in [4.78, 5) is 4.44. The van der Waals surface area contributed by atoms with Gasteiger partial charge in [0.1, 0.15) is 11.6 Å². The Balaban J connectivity index is 2.42. The van der Waals surface area contributed by atoms with E-state index in [9.17, 15) is 9.50 Å². The fraction of sp³-hybridized carbons (Fsp3) is 0.312. The van der Waals surface area contributed by atoms with Crippen LogP contribution in [-0.4, -0.2) is 10.1 Å². The summed E-state index contributed by atoms with van der Waals surface area (Å²) in [6, 6.07) is 7.69. The maximum Gasteiger partial charge on any atom is 0.219 e. The van der Waals surface area contributed by atoms with Crippen molar-refractivity contribution in [1.82, 2.24) is 4.98 Å². The lowest BCUT2D eigenvalue weighted by Crippen LogP contribution is -2.14. The number of hydrogen-bond donors (Lipinski definition) is 1. The van der Waals surface area contributed by atoms with E-state index >= 15 is 0 Å². The smallest absolute Gasteiger partial charge is 0.219 e. The zero-order chi connectivity index (χ0) is 15.6. The number of aromatic nitrogens is 1. The SMILES string of the molecule is CC(C)(C)c1cc(CO)cc(Oc2cc(F)ccc2Br)n1. The molecule has 0 radical (unpaired) electrons. The first kappa shape index (κ1) is 15.9. The molecule has 1 heterocycles. The molecule has 2 rings (SSSR count). The van der Waals surface area contributed by atoms with Crippen molar-refractivity contribution in [2.45, 2.75) is 32.8 Å². The van der Waals surface area contributed by atoms with E-state index < -0.39 is 0 Å². The topological polar surface area (TPSA) is 42.4 Å². The molecule has 0 bridgehead atoms. The van der Waals surface area contributed by atoms with Crippen LogP contribution in [0.2, 0.25) is 0 Å². The van der Waals surface area contributed by atoms with E-state index in [2.05, 4.69) is 20.9 Å². The van der Waals surface area contributed by atoms with Gasteiger partial charge in [-0.25, -0.2) is 9.37 Å². The first-order valence-electron chi connectivity index (χ1n) is 6.55. The Hall–Kier alpha value is -1.46. The number of pyridine rings is 1. The van der Waals surface area contributed by atoms with E-state index in [0.717, 1.165) is 5.69 Å². The van der Waals surface area contributed by atoms with Crippen LogP contribution in [0, 0.1) is 5.82 Å². The van der Waals surface area contributed by atoms with E-state index in [4.69, 9.17) is 4.74 Å². The van der Waals surface area contributed by atoms with E-state index in [-0.39, 0.29) is 17.8 Å². The van der Waals surface area contributed by atoms with Crippen molar-refractivity contribution in [3.05, 3.63) is 51.9 Å². The highest BCUT2D eigenvalue weighted by Gasteiger charge is 2.18.